The second-order valence-electron chi connectivity index (χ2n) is 5.40. The number of hydrogen-bond acceptors (Lipinski definition) is 2. The van der Waals surface area contributed by atoms with Crippen molar-refractivity contribution in [2.45, 2.75) is 71.4 Å². The monoisotopic (exact) mass is 276 g/mol. The second-order valence-corrected chi connectivity index (χ2v) is 5.40. The van der Waals surface area contributed by atoms with E-state index < -0.39 is 0 Å². The SMILES string of the molecule is CCCC(N)C(=O)N1CCCC(C)C1CCC.Cl. The molecule has 0 bridgehead atoms. The molecule has 0 radical (unpaired) electrons. The molecule has 0 saturated carbocycles. The van der Waals surface area contributed by atoms with Crippen molar-refractivity contribution in [1.29, 1.82) is 0 Å². The Morgan fingerprint density at radius 1 is 1.39 bits per heavy atom. The third-order valence-electron chi connectivity index (χ3n) is 3.90. The molecule has 1 saturated heterocycles. The van der Waals surface area contributed by atoms with Crippen LogP contribution < -0.4 is 5.73 Å². The smallest absolute Gasteiger partial charge is 0.239 e. The molecule has 4 heteroatoms. The Bertz CT molecular complexity index is 248. The van der Waals surface area contributed by atoms with Crippen molar-refractivity contribution in [3.63, 3.8) is 0 Å². The van der Waals surface area contributed by atoms with Gasteiger partial charge in [-0.05, 0) is 31.6 Å². The van der Waals surface area contributed by atoms with E-state index in [4.69, 9.17) is 5.73 Å². The van der Waals surface area contributed by atoms with Crippen molar-refractivity contribution >= 4 is 18.3 Å². The molecule has 1 aliphatic heterocycles. The van der Waals surface area contributed by atoms with E-state index in [1.54, 1.807) is 0 Å². The molecule has 3 nitrogen and oxygen atoms in total. The molecular weight excluding hydrogens is 248 g/mol. The average Bonchev–Trinajstić information content (AvgIpc) is 2.31. The molecule has 3 unspecified atom stereocenters. The van der Waals surface area contributed by atoms with Crippen LogP contribution in [0.15, 0.2) is 0 Å². The largest absolute Gasteiger partial charge is 0.338 e. The zero-order chi connectivity index (χ0) is 12.8. The van der Waals surface area contributed by atoms with Crippen LogP contribution in [0.5, 0.6) is 0 Å². The molecule has 1 fully saturated rings. The van der Waals surface area contributed by atoms with Crippen molar-refractivity contribution in [2.24, 2.45) is 11.7 Å². The minimum absolute atomic E-state index is 0. The third kappa shape index (κ3) is 4.43. The summed E-state index contributed by atoms with van der Waals surface area (Å²) in [5.41, 5.74) is 5.97. The lowest BCUT2D eigenvalue weighted by atomic mass is 9.87. The molecule has 3 atom stereocenters. The van der Waals surface area contributed by atoms with E-state index in [2.05, 4.69) is 25.7 Å². The van der Waals surface area contributed by atoms with E-state index in [9.17, 15) is 4.79 Å². The van der Waals surface area contributed by atoms with Crippen molar-refractivity contribution in [3.8, 4) is 0 Å². The maximum absolute atomic E-state index is 12.3. The van der Waals surface area contributed by atoms with E-state index >= 15 is 0 Å². The summed E-state index contributed by atoms with van der Waals surface area (Å²) in [5, 5.41) is 0. The summed E-state index contributed by atoms with van der Waals surface area (Å²) in [4.78, 5) is 14.4. The first-order chi connectivity index (χ1) is 8.11. The molecule has 0 aromatic rings. The van der Waals surface area contributed by atoms with E-state index in [-0.39, 0.29) is 24.4 Å². The van der Waals surface area contributed by atoms with Gasteiger partial charge in [0.15, 0.2) is 0 Å². The van der Waals surface area contributed by atoms with Gasteiger partial charge < -0.3 is 10.6 Å². The standard InChI is InChI=1S/C14H28N2O.ClH/c1-4-7-12(15)14(17)16-10-6-9-11(3)13(16)8-5-2;/h11-13H,4-10,15H2,1-3H3;1H. The molecule has 0 aromatic carbocycles. The van der Waals surface area contributed by atoms with Gasteiger partial charge in [0.25, 0.3) is 0 Å². The minimum atomic E-state index is -0.287. The van der Waals surface area contributed by atoms with Crippen molar-refractivity contribution in [1.82, 2.24) is 4.90 Å². The fraction of sp³-hybridized carbons (Fsp3) is 0.929. The highest BCUT2D eigenvalue weighted by atomic mass is 35.5. The lowest BCUT2D eigenvalue weighted by Crippen LogP contribution is -2.53. The molecule has 2 N–H and O–H groups in total. The predicted molar refractivity (Wildman–Crippen MR) is 78.9 cm³/mol. The van der Waals surface area contributed by atoms with Gasteiger partial charge in [-0.2, -0.15) is 0 Å². The summed E-state index contributed by atoms with van der Waals surface area (Å²) >= 11 is 0. The summed E-state index contributed by atoms with van der Waals surface area (Å²) in [6, 6.07) is 0.133. The number of nitrogens with two attached hydrogens (primary N) is 1. The third-order valence-corrected chi connectivity index (χ3v) is 3.90. The van der Waals surface area contributed by atoms with Gasteiger partial charge >= 0.3 is 0 Å². The highest BCUT2D eigenvalue weighted by molar-refractivity contribution is 5.85. The number of amides is 1. The Balaban J connectivity index is 0.00000289. The summed E-state index contributed by atoms with van der Waals surface area (Å²) in [6.45, 7) is 7.45. The van der Waals surface area contributed by atoms with Gasteiger partial charge in [-0.15, -0.1) is 12.4 Å². The van der Waals surface area contributed by atoms with Gasteiger partial charge in [-0.1, -0.05) is 33.6 Å². The van der Waals surface area contributed by atoms with Crippen molar-refractivity contribution in [2.75, 3.05) is 6.54 Å². The zero-order valence-corrected chi connectivity index (χ0v) is 12.8. The van der Waals surface area contributed by atoms with E-state index in [1.165, 1.54) is 6.42 Å². The summed E-state index contributed by atoms with van der Waals surface area (Å²) in [5.74, 6) is 0.804. The first-order valence-electron chi connectivity index (χ1n) is 7.17. The molecule has 0 aromatic heterocycles. The van der Waals surface area contributed by atoms with Gasteiger partial charge in [-0.25, -0.2) is 0 Å². The molecule has 0 aliphatic carbocycles. The average molecular weight is 277 g/mol. The summed E-state index contributed by atoms with van der Waals surface area (Å²) in [6.07, 6.45) is 6.42. The van der Waals surface area contributed by atoms with E-state index in [0.717, 1.165) is 38.6 Å². The highest BCUT2D eigenvalue weighted by Gasteiger charge is 2.32. The van der Waals surface area contributed by atoms with Crippen LogP contribution in [-0.2, 0) is 4.79 Å². The molecular formula is C14H29ClN2O. The predicted octanol–water partition coefficient (Wildman–Crippen LogP) is 2.96. The lowest BCUT2D eigenvalue weighted by molar-refractivity contribution is -0.138. The zero-order valence-electron chi connectivity index (χ0n) is 12.0. The van der Waals surface area contributed by atoms with Crippen LogP contribution in [-0.4, -0.2) is 29.4 Å². The molecule has 1 aliphatic rings. The van der Waals surface area contributed by atoms with E-state index in [0.29, 0.717) is 12.0 Å². The maximum Gasteiger partial charge on any atom is 0.239 e. The molecule has 1 heterocycles. The Hall–Kier alpha value is -0.280. The Kier molecular flexibility index (Phi) is 8.62. The normalized spacial score (nSPS) is 25.4. The van der Waals surface area contributed by atoms with Gasteiger partial charge in [0.1, 0.15) is 0 Å². The van der Waals surface area contributed by atoms with Gasteiger partial charge in [0.05, 0.1) is 6.04 Å². The maximum atomic E-state index is 12.3. The number of carbonyl (C=O) groups is 1. The number of halogens is 1. The number of piperidine rings is 1. The Morgan fingerprint density at radius 3 is 2.61 bits per heavy atom. The van der Waals surface area contributed by atoms with Crippen LogP contribution >= 0.6 is 12.4 Å². The molecule has 18 heavy (non-hydrogen) atoms. The van der Waals surface area contributed by atoms with Crippen LogP contribution in [0.4, 0.5) is 0 Å². The summed E-state index contributed by atoms with van der Waals surface area (Å²) < 4.78 is 0. The van der Waals surface area contributed by atoms with Gasteiger partial charge in [-0.3, -0.25) is 4.79 Å². The van der Waals surface area contributed by atoms with Crippen molar-refractivity contribution in [3.05, 3.63) is 0 Å². The Labute approximate surface area is 118 Å². The number of carbonyl (C=O) groups excluding carboxylic acids is 1. The fourth-order valence-corrected chi connectivity index (χ4v) is 2.91. The van der Waals surface area contributed by atoms with E-state index in [1.807, 2.05) is 0 Å². The Morgan fingerprint density at radius 2 is 2.06 bits per heavy atom. The second kappa shape index (κ2) is 8.76. The highest BCUT2D eigenvalue weighted by Crippen LogP contribution is 2.27. The molecule has 0 spiro atoms. The minimum Gasteiger partial charge on any atom is -0.338 e. The van der Waals surface area contributed by atoms with Crippen molar-refractivity contribution < 1.29 is 4.79 Å². The number of rotatable bonds is 5. The number of likely N-dealkylation sites (tertiary alicyclic amines) is 1. The number of hydrogen-bond donors (Lipinski definition) is 1. The number of nitrogens with zero attached hydrogens (tertiary/aromatic N) is 1. The van der Waals surface area contributed by atoms with Crippen LogP contribution in [0.1, 0.15) is 59.3 Å². The van der Waals surface area contributed by atoms with Crippen LogP contribution in [0.2, 0.25) is 0 Å². The molecule has 1 rings (SSSR count). The lowest BCUT2D eigenvalue weighted by Gasteiger charge is -2.41. The first kappa shape index (κ1) is 17.7. The fourth-order valence-electron chi connectivity index (χ4n) is 2.91. The van der Waals surface area contributed by atoms with Gasteiger partial charge in [0.2, 0.25) is 5.91 Å². The quantitative estimate of drug-likeness (QED) is 0.839. The molecule has 108 valence electrons. The van der Waals surface area contributed by atoms with Crippen LogP contribution in [0, 0.1) is 5.92 Å². The topological polar surface area (TPSA) is 46.3 Å². The van der Waals surface area contributed by atoms with Gasteiger partial charge in [0, 0.05) is 12.6 Å². The van der Waals surface area contributed by atoms with Crippen LogP contribution in [0.25, 0.3) is 0 Å². The summed E-state index contributed by atoms with van der Waals surface area (Å²) in [7, 11) is 0. The van der Waals surface area contributed by atoms with Crippen LogP contribution in [0.3, 0.4) is 0 Å². The molecule has 1 amide bonds. The first-order valence-corrected chi connectivity index (χ1v) is 7.17.